The Balaban J connectivity index is 2.73. The molecule has 1 saturated heterocycles. The van der Waals surface area contributed by atoms with Gasteiger partial charge in [0.15, 0.2) is 6.29 Å². The van der Waals surface area contributed by atoms with Crippen LogP contribution in [-0.2, 0) is 19.0 Å². The van der Waals surface area contributed by atoms with Gasteiger partial charge in [-0.05, 0) is 114 Å². The molecule has 1 aliphatic heterocycles. The van der Waals surface area contributed by atoms with Crippen molar-refractivity contribution in [3.05, 3.63) is 0 Å². The zero-order valence-corrected chi connectivity index (χ0v) is 34.2. The van der Waals surface area contributed by atoms with Gasteiger partial charge in [-0.25, -0.2) is 4.79 Å². The average molecular weight is 810 g/mol. The number of aliphatic hydroxyl groups is 5. The lowest BCUT2D eigenvalue weighted by molar-refractivity contribution is -0.302. The topological polar surface area (TPSA) is 172 Å². The van der Waals surface area contributed by atoms with Crippen molar-refractivity contribution in [3.63, 3.8) is 0 Å². The van der Waals surface area contributed by atoms with Crippen LogP contribution in [-0.4, -0.2) is 93.7 Å². The third kappa shape index (κ3) is 26.0. The van der Waals surface area contributed by atoms with Crippen LogP contribution in [0.15, 0.2) is 0 Å². The first-order valence-electron chi connectivity index (χ1n) is 19.8. The number of carbonyl (C=O) groups excluding carboxylic acids is 1. The van der Waals surface area contributed by atoms with Gasteiger partial charge in [-0.1, -0.05) is 83.5 Å². The van der Waals surface area contributed by atoms with Crippen molar-refractivity contribution in [3.8, 4) is 142 Å². The summed E-state index contributed by atoms with van der Waals surface area (Å²) in [6.45, 7) is 2.88. The van der Waals surface area contributed by atoms with Gasteiger partial charge in [-0.2, -0.15) is 0 Å². The fourth-order valence-corrected chi connectivity index (χ4v) is 5.21. The van der Waals surface area contributed by atoms with Crippen molar-refractivity contribution in [1.82, 2.24) is 0 Å². The number of rotatable bonds is 20. The summed E-state index contributed by atoms with van der Waals surface area (Å²) >= 11 is 0. The van der Waals surface area contributed by atoms with Crippen LogP contribution in [0.1, 0.15) is 97.3 Å². The van der Waals surface area contributed by atoms with E-state index in [1.165, 1.54) is 44.9 Å². The first-order valence-corrected chi connectivity index (χ1v) is 19.8. The Morgan fingerprint density at radius 3 is 1.42 bits per heavy atom. The van der Waals surface area contributed by atoms with Crippen LogP contribution >= 0.6 is 0 Å². The van der Waals surface area contributed by atoms with Gasteiger partial charge in [-0.3, -0.25) is 0 Å². The van der Waals surface area contributed by atoms with Gasteiger partial charge in [0.05, 0.1) is 19.3 Å². The maximum Gasteiger partial charge on any atom is 0.385 e. The maximum absolute atomic E-state index is 12.6. The van der Waals surface area contributed by atoms with Gasteiger partial charge in [0.1, 0.15) is 36.6 Å². The highest BCUT2D eigenvalue weighted by Gasteiger charge is 2.44. The van der Waals surface area contributed by atoms with Crippen molar-refractivity contribution in [2.24, 2.45) is 5.73 Å². The summed E-state index contributed by atoms with van der Waals surface area (Å²) in [6, 6.07) is -1.11. The van der Waals surface area contributed by atoms with Crippen LogP contribution in [0.25, 0.3) is 0 Å². The van der Waals surface area contributed by atoms with Crippen LogP contribution < -0.4 is 5.73 Å². The summed E-state index contributed by atoms with van der Waals surface area (Å²) in [5, 5.41) is 50.8. The zero-order valence-electron chi connectivity index (χ0n) is 34.2. The first kappa shape index (κ1) is 51.9. The van der Waals surface area contributed by atoms with Crippen molar-refractivity contribution >= 4 is 5.97 Å². The van der Waals surface area contributed by atoms with E-state index in [0.717, 1.165) is 25.7 Å². The average Bonchev–Trinajstić information content (AvgIpc) is 3.25. The molecule has 0 saturated carbocycles. The lowest BCUT2D eigenvalue weighted by Crippen LogP contribution is -2.60. The van der Waals surface area contributed by atoms with E-state index in [4.69, 9.17) is 19.9 Å². The lowest BCUT2D eigenvalue weighted by Gasteiger charge is -2.40. The van der Waals surface area contributed by atoms with Crippen LogP contribution in [0, 0.1) is 142 Å². The second-order valence-corrected chi connectivity index (χ2v) is 12.9. The monoisotopic (exact) mass is 809 g/mol. The third-order valence-corrected chi connectivity index (χ3v) is 8.32. The second kappa shape index (κ2) is 36.0. The van der Waals surface area contributed by atoms with Crippen LogP contribution in [0.4, 0.5) is 0 Å². The molecule has 0 aliphatic carbocycles. The van der Waals surface area contributed by atoms with E-state index in [1.54, 1.807) is 6.92 Å². The van der Waals surface area contributed by atoms with Gasteiger partial charge >= 0.3 is 5.97 Å². The minimum atomic E-state index is -1.64. The molecular weight excluding hydrogens is 759 g/mol. The molecule has 0 aromatic heterocycles. The molecule has 0 spiro atoms. The van der Waals surface area contributed by atoms with Gasteiger partial charge < -0.3 is 45.5 Å². The molecule has 1 heterocycles. The van der Waals surface area contributed by atoms with E-state index in [0.29, 0.717) is 12.8 Å². The predicted molar refractivity (Wildman–Crippen MR) is 228 cm³/mol. The molecule has 0 aromatic rings. The molecule has 7 N–H and O–H groups in total. The Hall–Kier alpha value is -6.13. The third-order valence-electron chi connectivity index (χ3n) is 8.32. The molecule has 10 heteroatoms. The summed E-state index contributed by atoms with van der Waals surface area (Å²) in [5.74, 6) is 58.6. The molecule has 60 heavy (non-hydrogen) atoms. The van der Waals surface area contributed by atoms with Crippen molar-refractivity contribution in [1.29, 1.82) is 0 Å². The summed E-state index contributed by atoms with van der Waals surface area (Å²) in [6.07, 6.45) is 4.01. The number of hydrogen-bond acceptors (Lipinski definition) is 10. The molecule has 2 unspecified atom stereocenters. The van der Waals surface area contributed by atoms with Gasteiger partial charge in [-0.15, -0.1) is 0 Å². The van der Waals surface area contributed by atoms with Crippen molar-refractivity contribution < 1.29 is 44.5 Å². The van der Waals surface area contributed by atoms with Crippen molar-refractivity contribution in [2.75, 3.05) is 13.2 Å². The molecule has 310 valence electrons. The molecule has 8 atom stereocenters. The zero-order chi connectivity index (χ0) is 43.9. The van der Waals surface area contributed by atoms with Gasteiger partial charge in [0, 0.05) is 41.4 Å². The standard InChI is InChI=1S/C50H51NO9/c1-3-5-7-9-11-13-15-17-18-19-20-21-22-23-24-25-26-27-29-31-33-35-37-39-45(53)59-43(38-36-34-32-30-28-16-14-12-10-8-6-4-2)46(54)42(51)41-58-50-49(57)48(56)47(55)44(40-52)60-50/h42-44,46-50,52,54-57H,4,6,8,10,12,14,16,28,30,32,34,36,38,40-41,51H2,1-2H3/t42-,43+,44?,46-,47-,48-,49?,50-/m0/s1. The number of carbonyl (C=O) groups is 1. The SMILES string of the molecule is CC#CC#CC#CC#CC#CC#CC#CC#CC#CC#CC#CC#CC(=O)O[C@H](CCCCCCCCCCCCCC)[C@@H](O)[C@@H](N)CO[C@H]1OC(CO)[C@H](O)[C@H](O)C1O. The number of nitrogens with two attached hydrogens (primary N) is 1. The van der Waals surface area contributed by atoms with E-state index in [1.807, 2.05) is 0 Å². The molecule has 0 amide bonds. The Morgan fingerprint density at radius 1 is 0.600 bits per heavy atom. The molecule has 1 aliphatic rings. The highest BCUT2D eigenvalue weighted by Crippen LogP contribution is 2.23. The Labute approximate surface area is 356 Å². The van der Waals surface area contributed by atoms with E-state index < -0.39 is 61.5 Å². The van der Waals surface area contributed by atoms with E-state index >= 15 is 0 Å². The van der Waals surface area contributed by atoms with E-state index in [2.05, 4.69) is 149 Å². The minimum absolute atomic E-state index is 0.297. The molecule has 0 bridgehead atoms. The Morgan fingerprint density at radius 2 is 1.00 bits per heavy atom. The maximum atomic E-state index is 12.6. The molecular formula is C50H51NO9. The number of esters is 1. The van der Waals surface area contributed by atoms with E-state index in [-0.39, 0.29) is 6.61 Å². The largest absolute Gasteiger partial charge is 0.450 e. The summed E-state index contributed by atoms with van der Waals surface area (Å²) < 4.78 is 16.3. The number of hydrogen-bond donors (Lipinski definition) is 6. The molecule has 1 fully saturated rings. The fraction of sp³-hybridized carbons (Fsp3) is 0.500. The summed E-state index contributed by atoms with van der Waals surface area (Å²) in [5.41, 5.74) is 6.20. The smallest absolute Gasteiger partial charge is 0.385 e. The second-order valence-electron chi connectivity index (χ2n) is 12.9. The molecule has 0 aromatic carbocycles. The minimum Gasteiger partial charge on any atom is -0.450 e. The Kier molecular flexibility index (Phi) is 31.1. The fourth-order valence-electron chi connectivity index (χ4n) is 5.21. The predicted octanol–water partition coefficient (Wildman–Crippen LogP) is 1.55. The highest BCUT2D eigenvalue weighted by atomic mass is 16.7. The Bertz CT molecular complexity index is 2140. The first-order chi connectivity index (χ1) is 29.3. The normalized spacial score (nSPS) is 17.8. The summed E-state index contributed by atoms with van der Waals surface area (Å²) in [4.78, 5) is 12.6. The van der Waals surface area contributed by atoms with Gasteiger partial charge in [0.2, 0.25) is 0 Å². The van der Waals surface area contributed by atoms with E-state index in [9.17, 15) is 30.3 Å². The molecule has 0 radical (unpaired) electrons. The molecule has 10 nitrogen and oxygen atoms in total. The highest BCUT2D eigenvalue weighted by molar-refractivity contribution is 5.89. The lowest BCUT2D eigenvalue weighted by atomic mass is 9.98. The van der Waals surface area contributed by atoms with Crippen molar-refractivity contribution in [2.45, 2.75) is 146 Å². The molecule has 1 rings (SSSR count). The van der Waals surface area contributed by atoms with Crippen LogP contribution in [0.5, 0.6) is 0 Å². The van der Waals surface area contributed by atoms with Gasteiger partial charge in [0.25, 0.3) is 0 Å². The summed E-state index contributed by atoms with van der Waals surface area (Å²) in [7, 11) is 0. The quantitative estimate of drug-likeness (QED) is 0.0459. The number of unbranched alkanes of at least 4 members (excludes halogenated alkanes) is 11. The van der Waals surface area contributed by atoms with Crippen LogP contribution in [0.3, 0.4) is 0 Å². The van der Waals surface area contributed by atoms with Crippen LogP contribution in [0.2, 0.25) is 0 Å². The number of aliphatic hydroxyl groups excluding tert-OH is 5. The number of ether oxygens (including phenoxy) is 3.